The second kappa shape index (κ2) is 30.9. The van der Waals surface area contributed by atoms with E-state index in [0.717, 1.165) is 35.3 Å². The Hall–Kier alpha value is -6.24. The molecule has 13 rings (SSSR count). The van der Waals surface area contributed by atoms with Crippen LogP contribution in [-0.4, -0.2) is 105 Å². The van der Waals surface area contributed by atoms with E-state index in [-0.39, 0.29) is 0 Å². The molecule has 0 aliphatic heterocycles. The summed E-state index contributed by atoms with van der Waals surface area (Å²) in [4.78, 5) is 4.26. The van der Waals surface area contributed by atoms with Crippen LogP contribution < -0.4 is 14.8 Å². The SMILES string of the molecule is CCCCCCCCCCCCc1cc2c3cccc4c5cc(OCCOCCOCCOC)cc6c7cc(OCCOCCOCCSC(=NC)NC)cc8c9cccc%10c%11cc(CCCCCCCCCCCC)cc%12c(c1)c2c1c(c34)c(c56)c(c87)c(c%109)c1c%11%12. The average Bonchev–Trinajstić information content (AvgIpc) is 0.646. The summed E-state index contributed by atoms with van der Waals surface area (Å²) in [6, 6.07) is 34.2. The lowest BCUT2D eigenvalue weighted by molar-refractivity contribution is 0.0180. The summed E-state index contributed by atoms with van der Waals surface area (Å²) in [7, 11) is 5.39. The average molecular weight is 1260 g/mol. The highest BCUT2D eigenvalue weighted by molar-refractivity contribution is 8.13. The first-order valence-corrected chi connectivity index (χ1v) is 36.6. The van der Waals surface area contributed by atoms with Gasteiger partial charge in [0.05, 0.1) is 59.5 Å². The van der Waals surface area contributed by atoms with Crippen LogP contribution in [0, 0.1) is 0 Å². The van der Waals surface area contributed by atoms with Crippen molar-refractivity contribution in [3.8, 4) is 11.5 Å². The van der Waals surface area contributed by atoms with Gasteiger partial charge in [0.25, 0.3) is 0 Å². The van der Waals surface area contributed by atoms with Crippen LogP contribution in [0.4, 0.5) is 0 Å². The minimum atomic E-state index is 0.411. The maximum atomic E-state index is 6.87. The highest BCUT2D eigenvalue weighted by atomic mass is 32.2. The third-order valence-corrected chi connectivity index (χ3v) is 21.2. The van der Waals surface area contributed by atoms with Gasteiger partial charge in [-0.05, 0) is 190 Å². The number of aliphatic imine (C=N–C) groups is 1. The molecule has 0 unspecified atom stereocenters. The van der Waals surface area contributed by atoms with Crippen LogP contribution in [0.2, 0.25) is 0 Å². The standard InChI is InChI=1S/C82H98N2O7S/c1-6-8-10-12-14-16-18-20-22-24-28-54-46-62-58-30-26-32-60-66-50-56(90-42-40-87-37-36-86-35-34-85-5)52-68-69-53-57(91-43-41-88-38-39-89-44-45-92-82(83-3)84-4)51-67-61-33-27-31-59-63-47-55(29-25-23-21-19-17-15-13-11-9-7-2)49-65-64(48-54)72(62)78-76(70(58)60)80(74(66)68)81(75(67)69)77(71(59)61)79(78)73(63)65/h26-27,30-33,46-53H,6-25,28-29,34-45H2,1-5H3,(H,83,84). The molecule has 0 radical (unpaired) electrons. The summed E-state index contributed by atoms with van der Waals surface area (Å²) >= 11 is 1.66. The zero-order chi connectivity index (χ0) is 62.8. The molecule has 13 aromatic rings. The lowest BCUT2D eigenvalue weighted by Crippen LogP contribution is -2.16. The molecule has 0 aromatic heterocycles. The minimum Gasteiger partial charge on any atom is -0.491 e. The number of aryl methyl sites for hydroxylation is 2. The molecule has 0 bridgehead atoms. The second-order valence-electron chi connectivity index (χ2n) is 26.3. The molecule has 10 heteroatoms. The number of methoxy groups -OCH3 is 1. The molecule has 484 valence electrons. The number of fused-ring (bicyclic) bond motifs is 6. The summed E-state index contributed by atoms with van der Waals surface area (Å²) < 4.78 is 42.7. The zero-order valence-corrected chi connectivity index (χ0v) is 56.7. The van der Waals surface area contributed by atoms with E-state index < -0.39 is 0 Å². The Kier molecular flexibility index (Phi) is 21.6. The van der Waals surface area contributed by atoms with E-state index in [2.05, 4.69) is 109 Å². The Morgan fingerprint density at radius 2 is 0.641 bits per heavy atom. The molecule has 0 saturated carbocycles. The van der Waals surface area contributed by atoms with Crippen LogP contribution in [0.15, 0.2) is 89.9 Å². The Labute approximate surface area is 548 Å². The summed E-state index contributed by atoms with van der Waals surface area (Å²) in [5.41, 5.74) is 2.94. The van der Waals surface area contributed by atoms with Crippen molar-refractivity contribution in [3.63, 3.8) is 0 Å². The Balaban J connectivity index is 0.952. The Bertz CT molecular complexity index is 4500. The Morgan fingerprint density at radius 1 is 0.348 bits per heavy atom. The third kappa shape index (κ3) is 13.0. The first-order chi connectivity index (χ1) is 45.6. The number of thioether (sulfide) groups is 1. The van der Waals surface area contributed by atoms with Gasteiger partial charge in [-0.15, -0.1) is 0 Å². The van der Waals surface area contributed by atoms with Crippen molar-refractivity contribution in [2.45, 2.75) is 155 Å². The number of benzene rings is 13. The molecule has 0 amide bonds. The molecule has 0 heterocycles. The molecule has 0 fully saturated rings. The van der Waals surface area contributed by atoms with Crippen molar-refractivity contribution < 1.29 is 33.2 Å². The maximum absolute atomic E-state index is 6.87. The predicted molar refractivity (Wildman–Crippen MR) is 396 cm³/mol. The fraction of sp³-hybridized carbons (Fsp3) is 0.476. The molecule has 0 spiro atoms. The molecule has 0 aliphatic rings. The van der Waals surface area contributed by atoms with Gasteiger partial charge in [-0.1, -0.05) is 202 Å². The lowest BCUT2D eigenvalue weighted by Gasteiger charge is -2.30. The fourth-order valence-corrected chi connectivity index (χ4v) is 16.6. The van der Waals surface area contributed by atoms with Crippen LogP contribution in [0.5, 0.6) is 11.5 Å². The molecule has 0 saturated heterocycles. The number of rotatable bonds is 42. The van der Waals surface area contributed by atoms with E-state index in [1.165, 1.54) is 269 Å². The van der Waals surface area contributed by atoms with Crippen LogP contribution in [0.1, 0.15) is 153 Å². The quantitative estimate of drug-likeness (QED) is 0.0132. The van der Waals surface area contributed by atoms with Crippen molar-refractivity contribution >= 4 is 146 Å². The van der Waals surface area contributed by atoms with Crippen molar-refractivity contribution in [1.82, 2.24) is 5.32 Å². The zero-order valence-electron chi connectivity index (χ0n) is 55.8. The van der Waals surface area contributed by atoms with E-state index in [4.69, 9.17) is 33.2 Å². The molecule has 1 N–H and O–H groups in total. The van der Waals surface area contributed by atoms with Crippen molar-refractivity contribution in [3.05, 3.63) is 96.1 Å². The summed E-state index contributed by atoms with van der Waals surface area (Å²) in [5, 5.41) is 36.4. The molecule has 9 nitrogen and oxygen atoms in total. The van der Waals surface area contributed by atoms with Gasteiger partial charge in [0.2, 0.25) is 0 Å². The fourth-order valence-electron chi connectivity index (χ4n) is 16.0. The predicted octanol–water partition coefficient (Wildman–Crippen LogP) is 21.5. The van der Waals surface area contributed by atoms with Crippen LogP contribution in [0.25, 0.3) is 129 Å². The minimum absolute atomic E-state index is 0.411. The van der Waals surface area contributed by atoms with E-state index in [9.17, 15) is 0 Å². The number of amidine groups is 1. The third-order valence-electron chi connectivity index (χ3n) is 20.2. The van der Waals surface area contributed by atoms with E-state index in [0.29, 0.717) is 72.7 Å². The number of nitrogens with one attached hydrogen (secondary N) is 1. The summed E-state index contributed by atoms with van der Waals surface area (Å²) in [6.45, 7) is 10.1. The maximum Gasteiger partial charge on any atom is 0.156 e. The molecule has 0 aliphatic carbocycles. The number of ether oxygens (including phenoxy) is 7. The van der Waals surface area contributed by atoms with Crippen molar-refractivity contribution in [2.75, 3.05) is 99.6 Å². The van der Waals surface area contributed by atoms with Gasteiger partial charge in [0, 0.05) is 27.0 Å². The summed E-state index contributed by atoms with van der Waals surface area (Å²) in [6.07, 6.45) is 28.9. The molecule has 13 aromatic carbocycles. The second-order valence-corrected chi connectivity index (χ2v) is 27.3. The monoisotopic (exact) mass is 1250 g/mol. The first kappa shape index (κ1) is 64.5. The number of hydrogen-bond donors (Lipinski definition) is 1. The van der Waals surface area contributed by atoms with Gasteiger partial charge in [0.15, 0.2) is 5.17 Å². The van der Waals surface area contributed by atoms with E-state index >= 15 is 0 Å². The lowest BCUT2D eigenvalue weighted by atomic mass is 9.73. The van der Waals surface area contributed by atoms with Crippen LogP contribution >= 0.6 is 11.8 Å². The molecule has 0 atom stereocenters. The first-order valence-electron chi connectivity index (χ1n) is 35.6. The highest BCUT2D eigenvalue weighted by Crippen LogP contribution is 2.61. The number of hydrogen-bond acceptors (Lipinski definition) is 9. The van der Waals surface area contributed by atoms with Gasteiger partial charge < -0.3 is 38.5 Å². The normalized spacial score (nSPS) is 12.9. The van der Waals surface area contributed by atoms with Gasteiger partial charge >= 0.3 is 0 Å². The largest absolute Gasteiger partial charge is 0.491 e. The molecule has 92 heavy (non-hydrogen) atoms. The van der Waals surface area contributed by atoms with Crippen molar-refractivity contribution in [2.24, 2.45) is 4.99 Å². The highest BCUT2D eigenvalue weighted by Gasteiger charge is 2.32. The van der Waals surface area contributed by atoms with Crippen LogP contribution in [-0.2, 0) is 36.5 Å². The van der Waals surface area contributed by atoms with Crippen LogP contribution in [0.3, 0.4) is 0 Å². The van der Waals surface area contributed by atoms with Gasteiger partial charge in [-0.25, -0.2) is 0 Å². The van der Waals surface area contributed by atoms with E-state index in [1.54, 1.807) is 25.9 Å². The van der Waals surface area contributed by atoms with Gasteiger partial charge in [-0.3, -0.25) is 4.99 Å². The Morgan fingerprint density at radius 3 is 0.989 bits per heavy atom. The van der Waals surface area contributed by atoms with Crippen molar-refractivity contribution in [1.29, 1.82) is 0 Å². The summed E-state index contributed by atoms with van der Waals surface area (Å²) in [5.74, 6) is 2.50. The molecular formula is C82H98N2O7S. The van der Waals surface area contributed by atoms with Gasteiger partial charge in [0.1, 0.15) is 24.7 Å². The van der Waals surface area contributed by atoms with E-state index in [1.807, 2.05) is 7.05 Å². The molecular weight excluding hydrogens is 1160 g/mol. The number of nitrogens with zero attached hydrogens (tertiary/aromatic N) is 1. The van der Waals surface area contributed by atoms with Gasteiger partial charge in [-0.2, -0.15) is 0 Å². The smallest absolute Gasteiger partial charge is 0.156 e. The number of unbranched alkanes of at least 4 members (excludes halogenated alkanes) is 18. The topological polar surface area (TPSA) is 89.0 Å².